The lowest BCUT2D eigenvalue weighted by Crippen LogP contribution is -2.43. The molecule has 0 aliphatic carbocycles. The number of ether oxygens (including phenoxy) is 1. The van der Waals surface area contributed by atoms with E-state index < -0.39 is 0 Å². The normalized spacial score (nSPS) is 34.2. The molecule has 3 N–H and O–H groups in total. The minimum atomic E-state index is 0.0963. The van der Waals surface area contributed by atoms with Gasteiger partial charge in [0.05, 0.1) is 12.3 Å². The standard InChI is InChI=1S/C9H21N3O/c1-7(13-3)8-4-11-9(10)6-12(2)5-8/h7-9,11H,4-6,10H2,1-3H3. The van der Waals surface area contributed by atoms with E-state index in [1.165, 1.54) is 0 Å². The predicted octanol–water partition coefficient (Wildman–Crippen LogP) is -0.543. The molecule has 78 valence electrons. The zero-order valence-electron chi connectivity index (χ0n) is 8.79. The van der Waals surface area contributed by atoms with E-state index in [-0.39, 0.29) is 6.17 Å². The van der Waals surface area contributed by atoms with Crippen LogP contribution in [0.1, 0.15) is 6.92 Å². The number of rotatable bonds is 2. The molecule has 0 amide bonds. The van der Waals surface area contributed by atoms with Gasteiger partial charge in [0.15, 0.2) is 0 Å². The number of nitrogens with one attached hydrogen (secondary N) is 1. The van der Waals surface area contributed by atoms with Crippen LogP contribution in [-0.2, 0) is 4.74 Å². The Morgan fingerprint density at radius 2 is 2.23 bits per heavy atom. The van der Waals surface area contributed by atoms with Crippen molar-refractivity contribution in [1.29, 1.82) is 0 Å². The van der Waals surface area contributed by atoms with Crippen molar-refractivity contribution < 1.29 is 4.74 Å². The second-order valence-electron chi connectivity index (χ2n) is 3.94. The smallest absolute Gasteiger partial charge is 0.0677 e. The summed E-state index contributed by atoms with van der Waals surface area (Å²) < 4.78 is 5.32. The Balaban J connectivity index is 2.47. The quantitative estimate of drug-likeness (QED) is 0.609. The average Bonchev–Trinajstić information content (AvgIpc) is 2.25. The molecule has 4 nitrogen and oxygen atoms in total. The van der Waals surface area contributed by atoms with E-state index in [0.29, 0.717) is 12.0 Å². The monoisotopic (exact) mass is 187 g/mol. The van der Waals surface area contributed by atoms with Gasteiger partial charge >= 0.3 is 0 Å². The van der Waals surface area contributed by atoms with Crippen LogP contribution in [0.4, 0.5) is 0 Å². The first-order valence-corrected chi connectivity index (χ1v) is 4.83. The summed E-state index contributed by atoms with van der Waals surface area (Å²) in [6.07, 6.45) is 0.388. The Kier molecular flexibility index (Phi) is 4.12. The summed E-state index contributed by atoms with van der Waals surface area (Å²) in [6.45, 7) is 5.01. The molecule has 0 aromatic heterocycles. The maximum Gasteiger partial charge on any atom is 0.0677 e. The summed E-state index contributed by atoms with van der Waals surface area (Å²) >= 11 is 0. The van der Waals surface area contributed by atoms with E-state index in [4.69, 9.17) is 10.5 Å². The Bertz CT molecular complexity index is 154. The van der Waals surface area contributed by atoms with E-state index in [0.717, 1.165) is 19.6 Å². The highest BCUT2D eigenvalue weighted by atomic mass is 16.5. The molecule has 4 heteroatoms. The number of nitrogens with two attached hydrogens (primary N) is 1. The van der Waals surface area contributed by atoms with Gasteiger partial charge in [0.2, 0.25) is 0 Å². The topological polar surface area (TPSA) is 50.5 Å². The van der Waals surface area contributed by atoms with Crippen molar-refractivity contribution in [2.45, 2.75) is 19.2 Å². The van der Waals surface area contributed by atoms with Gasteiger partial charge in [-0.15, -0.1) is 0 Å². The van der Waals surface area contributed by atoms with Gasteiger partial charge in [-0.2, -0.15) is 0 Å². The number of nitrogens with zero attached hydrogens (tertiary/aromatic N) is 1. The second kappa shape index (κ2) is 4.91. The van der Waals surface area contributed by atoms with Gasteiger partial charge in [0, 0.05) is 32.7 Å². The van der Waals surface area contributed by atoms with Crippen LogP contribution in [-0.4, -0.2) is 51.0 Å². The first kappa shape index (κ1) is 10.9. The third-order valence-corrected chi connectivity index (χ3v) is 2.73. The lowest BCUT2D eigenvalue weighted by Gasteiger charge is -2.24. The van der Waals surface area contributed by atoms with Crippen molar-refractivity contribution in [2.24, 2.45) is 11.7 Å². The van der Waals surface area contributed by atoms with Crippen LogP contribution in [0.15, 0.2) is 0 Å². The molecule has 3 unspecified atom stereocenters. The van der Waals surface area contributed by atoms with Crippen LogP contribution in [0.3, 0.4) is 0 Å². The molecule has 0 bridgehead atoms. The molecule has 0 aromatic rings. The predicted molar refractivity (Wildman–Crippen MR) is 53.4 cm³/mol. The van der Waals surface area contributed by atoms with Gasteiger partial charge < -0.3 is 20.7 Å². The van der Waals surface area contributed by atoms with Gasteiger partial charge in [-0.05, 0) is 14.0 Å². The Hall–Kier alpha value is -0.160. The molecule has 1 rings (SSSR count). The van der Waals surface area contributed by atoms with Crippen molar-refractivity contribution >= 4 is 0 Å². The molecule has 13 heavy (non-hydrogen) atoms. The zero-order chi connectivity index (χ0) is 9.84. The van der Waals surface area contributed by atoms with Crippen LogP contribution in [0, 0.1) is 5.92 Å². The molecule has 1 aliphatic rings. The third-order valence-electron chi connectivity index (χ3n) is 2.73. The molecule has 0 aromatic carbocycles. The van der Waals surface area contributed by atoms with E-state index >= 15 is 0 Å². The maximum atomic E-state index is 5.84. The Morgan fingerprint density at radius 3 is 2.85 bits per heavy atom. The lowest BCUT2D eigenvalue weighted by molar-refractivity contribution is 0.0584. The lowest BCUT2D eigenvalue weighted by atomic mass is 10.0. The van der Waals surface area contributed by atoms with Crippen molar-refractivity contribution in [3.05, 3.63) is 0 Å². The third kappa shape index (κ3) is 3.23. The Morgan fingerprint density at radius 1 is 1.54 bits per heavy atom. The minimum Gasteiger partial charge on any atom is -0.381 e. The molecular formula is C9H21N3O. The molecule has 0 spiro atoms. The van der Waals surface area contributed by atoms with Crippen LogP contribution in [0.2, 0.25) is 0 Å². The fourth-order valence-electron chi connectivity index (χ4n) is 1.75. The van der Waals surface area contributed by atoms with Crippen molar-refractivity contribution in [3.63, 3.8) is 0 Å². The number of methoxy groups -OCH3 is 1. The minimum absolute atomic E-state index is 0.0963. The molecule has 1 saturated heterocycles. The van der Waals surface area contributed by atoms with E-state index in [1.54, 1.807) is 7.11 Å². The zero-order valence-corrected chi connectivity index (χ0v) is 8.79. The van der Waals surface area contributed by atoms with Crippen LogP contribution >= 0.6 is 0 Å². The van der Waals surface area contributed by atoms with Crippen LogP contribution < -0.4 is 11.1 Å². The van der Waals surface area contributed by atoms with E-state index in [1.807, 2.05) is 0 Å². The fraction of sp³-hybridized carbons (Fsp3) is 1.00. The van der Waals surface area contributed by atoms with Crippen molar-refractivity contribution in [1.82, 2.24) is 10.2 Å². The SMILES string of the molecule is COC(C)C1CNC(N)CN(C)C1. The van der Waals surface area contributed by atoms with Gasteiger partial charge in [-0.25, -0.2) is 0 Å². The molecule has 1 aliphatic heterocycles. The molecule has 3 atom stereocenters. The summed E-state index contributed by atoms with van der Waals surface area (Å²) in [5, 5.41) is 3.30. The molecule has 0 radical (unpaired) electrons. The van der Waals surface area contributed by atoms with Crippen molar-refractivity contribution in [2.75, 3.05) is 33.8 Å². The maximum absolute atomic E-state index is 5.84. The summed E-state index contributed by atoms with van der Waals surface area (Å²) in [5.41, 5.74) is 5.84. The molecular weight excluding hydrogens is 166 g/mol. The fourth-order valence-corrected chi connectivity index (χ4v) is 1.75. The first-order valence-electron chi connectivity index (χ1n) is 4.83. The van der Waals surface area contributed by atoms with Gasteiger partial charge in [-0.3, -0.25) is 0 Å². The number of hydrogen-bond acceptors (Lipinski definition) is 4. The average molecular weight is 187 g/mol. The summed E-state index contributed by atoms with van der Waals surface area (Å²) in [7, 11) is 3.86. The van der Waals surface area contributed by atoms with E-state index in [9.17, 15) is 0 Å². The van der Waals surface area contributed by atoms with Gasteiger partial charge in [0.1, 0.15) is 0 Å². The van der Waals surface area contributed by atoms with Crippen molar-refractivity contribution in [3.8, 4) is 0 Å². The van der Waals surface area contributed by atoms with E-state index in [2.05, 4.69) is 24.2 Å². The molecule has 1 heterocycles. The molecule has 1 fully saturated rings. The number of likely N-dealkylation sites (N-methyl/N-ethyl adjacent to an activating group) is 1. The Labute approximate surface area is 80.4 Å². The first-order chi connectivity index (χ1) is 6.13. The number of hydrogen-bond donors (Lipinski definition) is 2. The summed E-state index contributed by atoms with van der Waals surface area (Å²) in [5.74, 6) is 0.531. The highest BCUT2D eigenvalue weighted by Crippen LogP contribution is 2.10. The molecule has 0 saturated carbocycles. The van der Waals surface area contributed by atoms with Crippen LogP contribution in [0.5, 0.6) is 0 Å². The van der Waals surface area contributed by atoms with Gasteiger partial charge in [-0.1, -0.05) is 0 Å². The second-order valence-corrected chi connectivity index (χ2v) is 3.94. The summed E-state index contributed by atoms with van der Waals surface area (Å²) in [4.78, 5) is 2.25. The highest BCUT2D eigenvalue weighted by molar-refractivity contribution is 4.79. The highest BCUT2D eigenvalue weighted by Gasteiger charge is 2.23. The largest absolute Gasteiger partial charge is 0.381 e. The van der Waals surface area contributed by atoms with Crippen LogP contribution in [0.25, 0.3) is 0 Å². The van der Waals surface area contributed by atoms with Gasteiger partial charge in [0.25, 0.3) is 0 Å². The summed E-state index contributed by atoms with van der Waals surface area (Å²) in [6, 6.07) is 0.